The number of rotatable bonds is 7. The Hall–Kier alpha value is -3.34. The molecule has 0 bridgehead atoms. The first-order valence-electron chi connectivity index (χ1n) is 11.5. The molecule has 2 amide bonds. The quantitative estimate of drug-likeness (QED) is 0.505. The van der Waals surface area contributed by atoms with Gasteiger partial charge in [-0.05, 0) is 54.3 Å². The van der Waals surface area contributed by atoms with E-state index in [2.05, 4.69) is 10.6 Å². The van der Waals surface area contributed by atoms with Crippen molar-refractivity contribution in [3.8, 4) is 5.75 Å². The Balaban J connectivity index is 1.45. The van der Waals surface area contributed by atoms with E-state index in [1.165, 1.54) is 6.42 Å². The van der Waals surface area contributed by atoms with Crippen molar-refractivity contribution in [2.45, 2.75) is 57.6 Å². The van der Waals surface area contributed by atoms with Crippen molar-refractivity contribution in [3.63, 3.8) is 0 Å². The van der Waals surface area contributed by atoms with Crippen molar-refractivity contribution in [1.82, 2.24) is 5.32 Å². The minimum absolute atomic E-state index is 0.142. The van der Waals surface area contributed by atoms with Gasteiger partial charge in [0.1, 0.15) is 5.75 Å². The molecule has 0 aromatic heterocycles. The van der Waals surface area contributed by atoms with Gasteiger partial charge in [0.05, 0.1) is 11.3 Å². The number of benzene rings is 3. The lowest BCUT2D eigenvalue weighted by Gasteiger charge is -2.23. The summed E-state index contributed by atoms with van der Waals surface area (Å²) in [5, 5.41) is 8.22. The predicted molar refractivity (Wildman–Crippen MR) is 128 cm³/mol. The van der Waals surface area contributed by atoms with E-state index in [1.54, 1.807) is 12.1 Å². The molecule has 2 N–H and O–H groups in total. The topological polar surface area (TPSA) is 67.4 Å². The third-order valence-electron chi connectivity index (χ3n) is 6.03. The molecule has 1 aliphatic rings. The van der Waals surface area contributed by atoms with Crippen molar-refractivity contribution >= 4 is 28.3 Å². The fourth-order valence-electron chi connectivity index (χ4n) is 4.24. The van der Waals surface area contributed by atoms with Gasteiger partial charge in [0.25, 0.3) is 11.8 Å². The molecule has 3 aromatic carbocycles. The molecule has 1 atom stereocenters. The third kappa shape index (κ3) is 5.28. The van der Waals surface area contributed by atoms with Gasteiger partial charge >= 0.3 is 0 Å². The van der Waals surface area contributed by atoms with Crippen LogP contribution in [0.5, 0.6) is 5.75 Å². The van der Waals surface area contributed by atoms with Crippen LogP contribution in [-0.2, 0) is 4.79 Å². The Morgan fingerprint density at radius 2 is 1.66 bits per heavy atom. The fourth-order valence-corrected chi connectivity index (χ4v) is 4.24. The first kappa shape index (κ1) is 21.9. The van der Waals surface area contributed by atoms with Gasteiger partial charge in [0.15, 0.2) is 6.10 Å². The predicted octanol–water partition coefficient (Wildman–Crippen LogP) is 5.70. The zero-order chi connectivity index (χ0) is 22.3. The maximum atomic E-state index is 13.0. The molecular weight excluding hydrogens is 400 g/mol. The number of carbonyl (C=O) groups is 2. The number of hydrogen-bond donors (Lipinski definition) is 2. The van der Waals surface area contributed by atoms with Gasteiger partial charge in [0.2, 0.25) is 0 Å². The molecular formula is C27H30N2O3. The summed E-state index contributed by atoms with van der Waals surface area (Å²) in [4.78, 5) is 25.9. The van der Waals surface area contributed by atoms with E-state index in [9.17, 15) is 9.59 Å². The van der Waals surface area contributed by atoms with Crippen LogP contribution in [-0.4, -0.2) is 24.0 Å². The highest BCUT2D eigenvalue weighted by molar-refractivity contribution is 6.04. The Morgan fingerprint density at radius 1 is 0.938 bits per heavy atom. The third-order valence-corrected chi connectivity index (χ3v) is 6.03. The van der Waals surface area contributed by atoms with Gasteiger partial charge in [-0.3, -0.25) is 9.59 Å². The Labute approximate surface area is 189 Å². The van der Waals surface area contributed by atoms with Gasteiger partial charge in [-0.2, -0.15) is 0 Å². The van der Waals surface area contributed by atoms with Crippen LogP contribution < -0.4 is 15.4 Å². The van der Waals surface area contributed by atoms with E-state index in [1.807, 2.05) is 61.5 Å². The molecule has 166 valence electrons. The lowest BCUT2D eigenvalue weighted by molar-refractivity contribution is -0.122. The van der Waals surface area contributed by atoms with Crippen LogP contribution in [0.4, 0.5) is 5.69 Å². The van der Waals surface area contributed by atoms with Crippen LogP contribution in [0.1, 0.15) is 55.8 Å². The van der Waals surface area contributed by atoms with Crippen molar-refractivity contribution in [3.05, 3.63) is 72.3 Å². The Kier molecular flexibility index (Phi) is 7.05. The van der Waals surface area contributed by atoms with E-state index in [0.717, 1.165) is 36.5 Å². The SMILES string of the molecule is CC[C@H](Oc1ccc2ccccc2c1)C(=O)Nc1ccccc1C(=O)NC1CCCCC1. The summed E-state index contributed by atoms with van der Waals surface area (Å²) in [5.41, 5.74) is 0.985. The molecule has 5 heteroatoms. The van der Waals surface area contributed by atoms with Crippen molar-refractivity contribution < 1.29 is 14.3 Å². The van der Waals surface area contributed by atoms with Crippen molar-refractivity contribution in [1.29, 1.82) is 0 Å². The van der Waals surface area contributed by atoms with Gasteiger partial charge in [-0.25, -0.2) is 0 Å². The lowest BCUT2D eigenvalue weighted by Crippen LogP contribution is -2.37. The first-order valence-corrected chi connectivity index (χ1v) is 11.5. The van der Waals surface area contributed by atoms with Crippen LogP contribution in [0, 0.1) is 0 Å². The molecule has 0 unspecified atom stereocenters. The smallest absolute Gasteiger partial charge is 0.265 e. The highest BCUT2D eigenvalue weighted by Crippen LogP contribution is 2.23. The highest BCUT2D eigenvalue weighted by atomic mass is 16.5. The van der Waals surface area contributed by atoms with Crippen LogP contribution in [0.15, 0.2) is 66.7 Å². The minimum atomic E-state index is -0.661. The van der Waals surface area contributed by atoms with E-state index >= 15 is 0 Å². The average Bonchev–Trinajstić information content (AvgIpc) is 2.83. The van der Waals surface area contributed by atoms with Crippen LogP contribution in [0.25, 0.3) is 10.8 Å². The van der Waals surface area contributed by atoms with Gasteiger partial charge < -0.3 is 15.4 Å². The number of hydrogen-bond acceptors (Lipinski definition) is 3. The number of carbonyl (C=O) groups excluding carboxylic acids is 2. The summed E-state index contributed by atoms with van der Waals surface area (Å²) >= 11 is 0. The second kappa shape index (κ2) is 10.3. The second-order valence-corrected chi connectivity index (χ2v) is 8.37. The molecule has 0 spiro atoms. The van der Waals surface area contributed by atoms with E-state index < -0.39 is 6.10 Å². The van der Waals surface area contributed by atoms with E-state index in [0.29, 0.717) is 23.4 Å². The number of nitrogens with one attached hydrogen (secondary N) is 2. The number of anilines is 1. The number of fused-ring (bicyclic) bond motifs is 1. The molecule has 32 heavy (non-hydrogen) atoms. The van der Waals surface area contributed by atoms with Crippen LogP contribution in [0.2, 0.25) is 0 Å². The highest BCUT2D eigenvalue weighted by Gasteiger charge is 2.22. The van der Waals surface area contributed by atoms with E-state index in [-0.39, 0.29) is 17.9 Å². The molecule has 4 rings (SSSR count). The van der Waals surface area contributed by atoms with Crippen molar-refractivity contribution in [2.75, 3.05) is 5.32 Å². The maximum absolute atomic E-state index is 13.0. The molecule has 0 aliphatic heterocycles. The summed E-state index contributed by atoms with van der Waals surface area (Å²) in [5.74, 6) is 0.240. The summed E-state index contributed by atoms with van der Waals surface area (Å²) in [7, 11) is 0. The van der Waals surface area contributed by atoms with Gasteiger partial charge in [-0.1, -0.05) is 68.7 Å². The molecule has 3 aromatic rings. The average molecular weight is 431 g/mol. The van der Waals surface area contributed by atoms with Crippen LogP contribution in [0.3, 0.4) is 0 Å². The zero-order valence-electron chi connectivity index (χ0n) is 18.5. The summed E-state index contributed by atoms with van der Waals surface area (Å²) in [6.45, 7) is 1.91. The molecule has 0 saturated heterocycles. The van der Waals surface area contributed by atoms with E-state index in [4.69, 9.17) is 4.74 Å². The maximum Gasteiger partial charge on any atom is 0.265 e. The number of ether oxygens (including phenoxy) is 1. The molecule has 0 heterocycles. The monoisotopic (exact) mass is 430 g/mol. The van der Waals surface area contributed by atoms with Crippen molar-refractivity contribution in [2.24, 2.45) is 0 Å². The zero-order valence-corrected chi connectivity index (χ0v) is 18.5. The standard InChI is InChI=1S/C27H30N2O3/c1-2-25(32-22-17-16-19-10-6-7-11-20(19)18-22)27(31)29-24-15-9-8-14-23(24)26(30)28-21-12-4-3-5-13-21/h6-11,14-18,21,25H,2-5,12-13H2,1H3,(H,28,30)(H,29,31)/t25-/m0/s1. The molecule has 1 aliphatic carbocycles. The summed E-state index contributed by atoms with van der Waals surface area (Å²) in [6, 6.07) is 21.2. The molecule has 5 nitrogen and oxygen atoms in total. The molecule has 1 fully saturated rings. The number of amides is 2. The molecule has 1 saturated carbocycles. The number of para-hydroxylation sites is 1. The second-order valence-electron chi connectivity index (χ2n) is 8.37. The summed E-state index contributed by atoms with van der Waals surface area (Å²) in [6.07, 6.45) is 5.39. The summed E-state index contributed by atoms with van der Waals surface area (Å²) < 4.78 is 6.02. The van der Waals surface area contributed by atoms with Gasteiger partial charge in [0, 0.05) is 6.04 Å². The normalized spacial score (nSPS) is 15.2. The fraction of sp³-hybridized carbons (Fsp3) is 0.333. The largest absolute Gasteiger partial charge is 0.481 e. The Bertz CT molecular complexity index is 1090. The van der Waals surface area contributed by atoms with Crippen LogP contribution >= 0.6 is 0 Å². The van der Waals surface area contributed by atoms with Gasteiger partial charge in [-0.15, -0.1) is 0 Å². The Morgan fingerprint density at radius 3 is 2.44 bits per heavy atom. The minimum Gasteiger partial charge on any atom is -0.481 e. The lowest BCUT2D eigenvalue weighted by atomic mass is 9.95. The first-order chi connectivity index (χ1) is 15.6. The molecule has 0 radical (unpaired) electrons.